The van der Waals surface area contributed by atoms with Crippen LogP contribution in [0.2, 0.25) is 0 Å². The summed E-state index contributed by atoms with van der Waals surface area (Å²) in [7, 11) is 0. The maximum Gasteiger partial charge on any atom is 0.0845 e. The molecule has 0 amide bonds. The third-order valence-corrected chi connectivity index (χ3v) is 3.06. The van der Waals surface area contributed by atoms with Gasteiger partial charge in [-0.05, 0) is 17.4 Å². The van der Waals surface area contributed by atoms with Crippen LogP contribution in [-0.2, 0) is 19.5 Å². The normalized spacial score (nSPS) is 11.7. The highest BCUT2D eigenvalue weighted by Crippen LogP contribution is 2.12. The van der Waals surface area contributed by atoms with E-state index in [4.69, 9.17) is 0 Å². The van der Waals surface area contributed by atoms with E-state index in [1.54, 1.807) is 0 Å². The van der Waals surface area contributed by atoms with Crippen LogP contribution in [0.15, 0.2) is 18.6 Å². The van der Waals surface area contributed by atoms with E-state index in [1.807, 2.05) is 21.8 Å². The van der Waals surface area contributed by atoms with Crippen molar-refractivity contribution in [1.29, 1.82) is 0 Å². The molecule has 5 heteroatoms. The molecule has 0 spiro atoms. The van der Waals surface area contributed by atoms with Crippen LogP contribution in [0.1, 0.15) is 44.9 Å². The predicted molar refractivity (Wildman–Crippen MR) is 74.9 cm³/mol. The summed E-state index contributed by atoms with van der Waals surface area (Å²) in [5.41, 5.74) is 2.31. The van der Waals surface area contributed by atoms with Gasteiger partial charge in [0.25, 0.3) is 0 Å². The van der Waals surface area contributed by atoms with E-state index in [0.29, 0.717) is 11.8 Å². The number of aromatic nitrogens is 5. The highest BCUT2D eigenvalue weighted by atomic mass is 15.4. The molecule has 0 aromatic carbocycles. The van der Waals surface area contributed by atoms with Crippen LogP contribution in [0.3, 0.4) is 0 Å². The van der Waals surface area contributed by atoms with Crippen molar-refractivity contribution in [2.45, 2.75) is 53.1 Å². The summed E-state index contributed by atoms with van der Waals surface area (Å²) in [4.78, 5) is 0. The third-order valence-electron chi connectivity index (χ3n) is 3.06. The first-order valence-electron chi connectivity index (χ1n) is 6.96. The maximum absolute atomic E-state index is 4.37. The molecule has 0 saturated carbocycles. The first-order valence-corrected chi connectivity index (χ1v) is 6.96. The van der Waals surface area contributed by atoms with Gasteiger partial charge in [0, 0.05) is 31.9 Å². The molecule has 2 rings (SSSR count). The van der Waals surface area contributed by atoms with Gasteiger partial charge in [0.15, 0.2) is 0 Å². The Balaban J connectivity index is 1.89. The molecule has 0 saturated heterocycles. The smallest absolute Gasteiger partial charge is 0.0845 e. The van der Waals surface area contributed by atoms with E-state index in [2.05, 4.69) is 49.3 Å². The van der Waals surface area contributed by atoms with Crippen molar-refractivity contribution in [3.05, 3.63) is 29.8 Å². The van der Waals surface area contributed by atoms with Gasteiger partial charge in [-0.15, -0.1) is 5.10 Å². The molecule has 2 heterocycles. The first-order chi connectivity index (χ1) is 9.04. The minimum atomic E-state index is 0.528. The minimum absolute atomic E-state index is 0.528. The SMILES string of the molecule is CC(C)Cn1cc(CCn2cc(C(C)C)cn2)nn1. The summed E-state index contributed by atoms with van der Waals surface area (Å²) in [6.07, 6.45) is 6.97. The van der Waals surface area contributed by atoms with Crippen molar-refractivity contribution in [2.24, 2.45) is 5.92 Å². The lowest BCUT2D eigenvalue weighted by atomic mass is 10.1. The van der Waals surface area contributed by atoms with Crippen LogP contribution in [0, 0.1) is 5.92 Å². The van der Waals surface area contributed by atoms with Gasteiger partial charge in [-0.3, -0.25) is 9.36 Å². The molecular weight excluding hydrogens is 238 g/mol. The van der Waals surface area contributed by atoms with Gasteiger partial charge in [-0.25, -0.2) is 0 Å². The summed E-state index contributed by atoms with van der Waals surface area (Å²) >= 11 is 0. The maximum atomic E-state index is 4.37. The number of hydrogen-bond donors (Lipinski definition) is 0. The quantitative estimate of drug-likeness (QED) is 0.802. The van der Waals surface area contributed by atoms with Gasteiger partial charge in [-0.2, -0.15) is 5.10 Å². The lowest BCUT2D eigenvalue weighted by Crippen LogP contribution is -2.04. The molecule has 104 valence electrons. The van der Waals surface area contributed by atoms with Gasteiger partial charge >= 0.3 is 0 Å². The molecule has 5 nitrogen and oxygen atoms in total. The average Bonchev–Trinajstić information content (AvgIpc) is 2.94. The lowest BCUT2D eigenvalue weighted by Gasteiger charge is -2.02. The molecule has 0 unspecified atom stereocenters. The number of rotatable bonds is 6. The van der Waals surface area contributed by atoms with E-state index in [-0.39, 0.29) is 0 Å². The van der Waals surface area contributed by atoms with Crippen molar-refractivity contribution in [2.75, 3.05) is 0 Å². The van der Waals surface area contributed by atoms with E-state index >= 15 is 0 Å². The topological polar surface area (TPSA) is 48.5 Å². The number of nitrogens with zero attached hydrogens (tertiary/aromatic N) is 5. The zero-order chi connectivity index (χ0) is 13.8. The van der Waals surface area contributed by atoms with E-state index < -0.39 is 0 Å². The molecule has 0 bridgehead atoms. The molecule has 0 aliphatic heterocycles. The second-order valence-electron chi connectivity index (χ2n) is 5.77. The lowest BCUT2D eigenvalue weighted by molar-refractivity contribution is 0.472. The Hall–Kier alpha value is -1.65. The van der Waals surface area contributed by atoms with Crippen LogP contribution in [0.5, 0.6) is 0 Å². The molecule has 19 heavy (non-hydrogen) atoms. The first kappa shape index (κ1) is 13.8. The highest BCUT2D eigenvalue weighted by molar-refractivity contribution is 5.08. The monoisotopic (exact) mass is 261 g/mol. The summed E-state index contributed by atoms with van der Waals surface area (Å²) in [5.74, 6) is 1.12. The summed E-state index contributed by atoms with van der Waals surface area (Å²) in [6, 6.07) is 0. The Kier molecular flexibility index (Phi) is 4.35. The molecule has 2 aromatic heterocycles. The molecule has 0 N–H and O–H groups in total. The van der Waals surface area contributed by atoms with Crippen LogP contribution in [0.4, 0.5) is 0 Å². The zero-order valence-corrected chi connectivity index (χ0v) is 12.2. The van der Waals surface area contributed by atoms with Crippen molar-refractivity contribution in [3.8, 4) is 0 Å². The van der Waals surface area contributed by atoms with Crippen molar-refractivity contribution in [1.82, 2.24) is 24.8 Å². The Labute approximate surface area is 114 Å². The van der Waals surface area contributed by atoms with Crippen LogP contribution in [-0.4, -0.2) is 24.8 Å². The predicted octanol–water partition coefficient (Wildman–Crippen LogP) is 2.50. The molecular formula is C14H23N5. The largest absolute Gasteiger partial charge is 0.272 e. The number of hydrogen-bond acceptors (Lipinski definition) is 3. The number of aryl methyl sites for hydroxylation is 2. The van der Waals surface area contributed by atoms with Crippen LogP contribution < -0.4 is 0 Å². The van der Waals surface area contributed by atoms with Crippen molar-refractivity contribution < 1.29 is 0 Å². The van der Waals surface area contributed by atoms with Gasteiger partial charge in [0.1, 0.15) is 0 Å². The van der Waals surface area contributed by atoms with Crippen molar-refractivity contribution >= 4 is 0 Å². The second-order valence-corrected chi connectivity index (χ2v) is 5.77. The second kappa shape index (κ2) is 5.99. The van der Waals surface area contributed by atoms with E-state index in [0.717, 1.165) is 25.2 Å². The third kappa shape index (κ3) is 3.91. The molecule has 2 aromatic rings. The van der Waals surface area contributed by atoms with Gasteiger partial charge in [0.2, 0.25) is 0 Å². The minimum Gasteiger partial charge on any atom is -0.272 e. The fourth-order valence-electron chi connectivity index (χ4n) is 1.95. The Morgan fingerprint density at radius 1 is 1.11 bits per heavy atom. The molecule has 0 fully saturated rings. The highest BCUT2D eigenvalue weighted by Gasteiger charge is 2.05. The fourth-order valence-corrected chi connectivity index (χ4v) is 1.95. The Morgan fingerprint density at radius 2 is 1.89 bits per heavy atom. The molecule has 0 aliphatic carbocycles. The average molecular weight is 261 g/mol. The van der Waals surface area contributed by atoms with Gasteiger partial charge in [-0.1, -0.05) is 32.9 Å². The molecule has 0 atom stereocenters. The summed E-state index contributed by atoms with van der Waals surface area (Å²) in [5, 5.41) is 12.7. The van der Waals surface area contributed by atoms with E-state index in [1.165, 1.54) is 5.56 Å². The fraction of sp³-hybridized carbons (Fsp3) is 0.643. The van der Waals surface area contributed by atoms with Crippen LogP contribution in [0.25, 0.3) is 0 Å². The zero-order valence-electron chi connectivity index (χ0n) is 12.2. The van der Waals surface area contributed by atoms with Crippen molar-refractivity contribution in [3.63, 3.8) is 0 Å². The Morgan fingerprint density at radius 3 is 2.53 bits per heavy atom. The van der Waals surface area contributed by atoms with Crippen LogP contribution >= 0.6 is 0 Å². The van der Waals surface area contributed by atoms with E-state index in [9.17, 15) is 0 Å². The molecule has 0 aliphatic rings. The van der Waals surface area contributed by atoms with Gasteiger partial charge in [0.05, 0.1) is 11.9 Å². The summed E-state index contributed by atoms with van der Waals surface area (Å²) < 4.78 is 3.90. The summed E-state index contributed by atoms with van der Waals surface area (Å²) in [6.45, 7) is 10.5. The molecule has 0 radical (unpaired) electrons. The van der Waals surface area contributed by atoms with Gasteiger partial charge < -0.3 is 0 Å². The Bertz CT molecular complexity index is 509. The standard InChI is InChI=1S/C14H23N5/c1-11(2)8-19-10-14(16-17-19)5-6-18-9-13(7-15-18)12(3)4/h7,9-12H,5-6,8H2,1-4H3.